The summed E-state index contributed by atoms with van der Waals surface area (Å²) in [6.45, 7) is 0.731. The van der Waals surface area contributed by atoms with Crippen LogP contribution in [0.3, 0.4) is 0 Å². The summed E-state index contributed by atoms with van der Waals surface area (Å²) in [5.41, 5.74) is 2.11. The molecule has 0 amide bonds. The van der Waals surface area contributed by atoms with E-state index in [0.717, 1.165) is 17.7 Å². The van der Waals surface area contributed by atoms with E-state index in [-0.39, 0.29) is 5.92 Å². The van der Waals surface area contributed by atoms with Crippen molar-refractivity contribution in [3.05, 3.63) is 83.9 Å². The van der Waals surface area contributed by atoms with E-state index in [4.69, 9.17) is 0 Å². The Morgan fingerprint density at radius 1 is 0.818 bits per heavy atom. The zero-order valence-electron chi connectivity index (χ0n) is 12.7. The van der Waals surface area contributed by atoms with Crippen LogP contribution in [-0.2, 0) is 0 Å². The molecule has 3 aromatic carbocycles. The molecule has 0 saturated carbocycles. The standard InChI is InChI=1S/C20H21NO/c1-21-14-19(20(22)16-8-3-2-4-9-16)18-12-11-15-7-5-6-10-17(15)13-18/h2-13,19-22H,14H2,1H3/t19-,20?/m1/s1. The molecular weight excluding hydrogens is 270 g/mol. The molecule has 0 spiro atoms. The van der Waals surface area contributed by atoms with Gasteiger partial charge >= 0.3 is 0 Å². The second-order valence-electron chi connectivity index (χ2n) is 5.63. The monoisotopic (exact) mass is 291 g/mol. The molecule has 0 radical (unpaired) electrons. The summed E-state index contributed by atoms with van der Waals surface area (Å²) in [5.74, 6) is 0.0250. The van der Waals surface area contributed by atoms with Crippen LogP contribution in [0.1, 0.15) is 23.1 Å². The molecule has 2 atom stereocenters. The van der Waals surface area contributed by atoms with Gasteiger partial charge in [-0.2, -0.15) is 0 Å². The minimum Gasteiger partial charge on any atom is -0.388 e. The van der Waals surface area contributed by atoms with Crippen LogP contribution in [-0.4, -0.2) is 18.7 Å². The fraction of sp³-hybridized carbons (Fsp3) is 0.200. The molecule has 0 saturated heterocycles. The largest absolute Gasteiger partial charge is 0.388 e. The molecule has 2 heteroatoms. The summed E-state index contributed by atoms with van der Waals surface area (Å²) in [6, 6.07) is 24.6. The second kappa shape index (κ2) is 6.73. The Morgan fingerprint density at radius 3 is 2.23 bits per heavy atom. The van der Waals surface area contributed by atoms with E-state index in [1.54, 1.807) is 0 Å². The number of benzene rings is 3. The van der Waals surface area contributed by atoms with Gasteiger partial charge in [0.15, 0.2) is 0 Å². The van der Waals surface area contributed by atoms with Crippen LogP contribution in [0.5, 0.6) is 0 Å². The molecule has 22 heavy (non-hydrogen) atoms. The van der Waals surface area contributed by atoms with Gasteiger partial charge in [-0.3, -0.25) is 0 Å². The lowest BCUT2D eigenvalue weighted by atomic mass is 9.88. The first-order valence-corrected chi connectivity index (χ1v) is 7.66. The van der Waals surface area contributed by atoms with Gasteiger partial charge in [-0.1, -0.05) is 72.8 Å². The molecule has 1 unspecified atom stereocenters. The van der Waals surface area contributed by atoms with Crippen molar-refractivity contribution in [2.75, 3.05) is 13.6 Å². The summed E-state index contributed by atoms with van der Waals surface area (Å²) >= 11 is 0. The lowest BCUT2D eigenvalue weighted by molar-refractivity contribution is 0.144. The number of likely N-dealkylation sites (N-methyl/N-ethyl adjacent to an activating group) is 1. The molecule has 3 rings (SSSR count). The van der Waals surface area contributed by atoms with Crippen LogP contribution in [0.25, 0.3) is 10.8 Å². The maximum atomic E-state index is 10.8. The second-order valence-corrected chi connectivity index (χ2v) is 5.63. The maximum absolute atomic E-state index is 10.8. The van der Waals surface area contributed by atoms with Crippen LogP contribution in [0.2, 0.25) is 0 Å². The minimum atomic E-state index is -0.519. The highest BCUT2D eigenvalue weighted by Gasteiger charge is 2.22. The van der Waals surface area contributed by atoms with E-state index in [1.165, 1.54) is 10.8 Å². The third-order valence-electron chi connectivity index (χ3n) is 4.15. The van der Waals surface area contributed by atoms with E-state index in [0.29, 0.717) is 0 Å². The molecular formula is C20H21NO. The highest BCUT2D eigenvalue weighted by Crippen LogP contribution is 2.32. The van der Waals surface area contributed by atoms with Crippen molar-refractivity contribution in [3.63, 3.8) is 0 Å². The molecule has 3 aromatic rings. The van der Waals surface area contributed by atoms with Gasteiger partial charge in [0.05, 0.1) is 6.10 Å². The molecule has 112 valence electrons. The molecule has 0 heterocycles. The fourth-order valence-corrected chi connectivity index (χ4v) is 2.95. The number of rotatable bonds is 5. The first kappa shape index (κ1) is 14.8. The molecule has 0 bridgehead atoms. The molecule has 0 aromatic heterocycles. The fourth-order valence-electron chi connectivity index (χ4n) is 2.95. The summed E-state index contributed by atoms with van der Waals surface area (Å²) in [4.78, 5) is 0. The quantitative estimate of drug-likeness (QED) is 0.748. The van der Waals surface area contributed by atoms with E-state index < -0.39 is 6.10 Å². The summed E-state index contributed by atoms with van der Waals surface area (Å²) in [7, 11) is 1.92. The van der Waals surface area contributed by atoms with Crippen molar-refractivity contribution >= 4 is 10.8 Å². The number of aliphatic hydroxyl groups excluding tert-OH is 1. The molecule has 2 nitrogen and oxygen atoms in total. The normalized spacial score (nSPS) is 13.9. The van der Waals surface area contributed by atoms with Gasteiger partial charge in [0.2, 0.25) is 0 Å². The SMILES string of the molecule is CNC[C@H](c1ccc2ccccc2c1)C(O)c1ccccc1. The van der Waals surface area contributed by atoms with Gasteiger partial charge in [-0.25, -0.2) is 0 Å². The van der Waals surface area contributed by atoms with Crippen molar-refractivity contribution < 1.29 is 5.11 Å². The van der Waals surface area contributed by atoms with Crippen molar-refractivity contribution in [1.82, 2.24) is 5.32 Å². The summed E-state index contributed by atoms with van der Waals surface area (Å²) < 4.78 is 0. The first-order valence-electron chi connectivity index (χ1n) is 7.66. The summed E-state index contributed by atoms with van der Waals surface area (Å²) in [5, 5.41) is 16.4. The number of aliphatic hydroxyl groups is 1. The minimum absolute atomic E-state index is 0.0250. The Morgan fingerprint density at radius 2 is 1.50 bits per heavy atom. The third kappa shape index (κ3) is 3.03. The van der Waals surface area contributed by atoms with Crippen LogP contribution in [0.4, 0.5) is 0 Å². The smallest absolute Gasteiger partial charge is 0.0870 e. The Labute approximate surface area is 131 Å². The molecule has 0 aliphatic rings. The van der Waals surface area contributed by atoms with Gasteiger partial charge in [-0.15, -0.1) is 0 Å². The topological polar surface area (TPSA) is 32.3 Å². The van der Waals surface area contributed by atoms with Crippen LogP contribution in [0.15, 0.2) is 72.8 Å². The van der Waals surface area contributed by atoms with Crippen molar-refractivity contribution in [1.29, 1.82) is 0 Å². The Balaban J connectivity index is 1.98. The predicted octanol–water partition coefficient (Wildman–Crippen LogP) is 3.88. The van der Waals surface area contributed by atoms with Gasteiger partial charge < -0.3 is 10.4 Å². The van der Waals surface area contributed by atoms with Crippen molar-refractivity contribution in [2.24, 2.45) is 0 Å². The molecule has 0 aliphatic carbocycles. The van der Waals surface area contributed by atoms with E-state index in [1.807, 2.05) is 49.5 Å². The van der Waals surface area contributed by atoms with Gasteiger partial charge in [0.1, 0.15) is 0 Å². The average molecular weight is 291 g/mol. The molecule has 0 aliphatic heterocycles. The number of nitrogens with one attached hydrogen (secondary N) is 1. The van der Waals surface area contributed by atoms with E-state index in [2.05, 4.69) is 35.6 Å². The molecule has 0 fully saturated rings. The van der Waals surface area contributed by atoms with Gasteiger partial charge in [0, 0.05) is 12.5 Å². The third-order valence-corrected chi connectivity index (χ3v) is 4.15. The van der Waals surface area contributed by atoms with Crippen molar-refractivity contribution in [3.8, 4) is 0 Å². The summed E-state index contributed by atoms with van der Waals surface area (Å²) in [6.07, 6.45) is -0.519. The average Bonchev–Trinajstić information content (AvgIpc) is 2.59. The van der Waals surface area contributed by atoms with Crippen LogP contribution in [0, 0.1) is 0 Å². The Kier molecular flexibility index (Phi) is 4.52. The lowest BCUT2D eigenvalue weighted by Gasteiger charge is -2.24. The predicted molar refractivity (Wildman–Crippen MR) is 92.0 cm³/mol. The number of hydrogen-bond donors (Lipinski definition) is 2. The van der Waals surface area contributed by atoms with Gasteiger partial charge in [0.25, 0.3) is 0 Å². The Bertz CT molecular complexity index is 739. The van der Waals surface area contributed by atoms with E-state index in [9.17, 15) is 5.11 Å². The van der Waals surface area contributed by atoms with Crippen molar-refractivity contribution in [2.45, 2.75) is 12.0 Å². The highest BCUT2D eigenvalue weighted by molar-refractivity contribution is 5.83. The van der Waals surface area contributed by atoms with E-state index >= 15 is 0 Å². The lowest BCUT2D eigenvalue weighted by Crippen LogP contribution is -2.23. The highest BCUT2D eigenvalue weighted by atomic mass is 16.3. The zero-order valence-corrected chi connectivity index (χ0v) is 12.7. The first-order chi connectivity index (χ1) is 10.8. The van der Waals surface area contributed by atoms with Crippen LogP contribution >= 0.6 is 0 Å². The molecule has 2 N–H and O–H groups in total. The van der Waals surface area contributed by atoms with Crippen LogP contribution < -0.4 is 5.32 Å². The zero-order chi connectivity index (χ0) is 15.4. The van der Waals surface area contributed by atoms with Gasteiger partial charge in [-0.05, 0) is 28.9 Å². The number of hydrogen-bond acceptors (Lipinski definition) is 2. The maximum Gasteiger partial charge on any atom is 0.0870 e. The Hall–Kier alpha value is -2.16. The number of fused-ring (bicyclic) bond motifs is 1.